The first-order valence-electron chi connectivity index (χ1n) is 5.93. The van der Waals surface area contributed by atoms with Crippen LogP contribution in [0.5, 0.6) is 11.5 Å². The van der Waals surface area contributed by atoms with Crippen molar-refractivity contribution >= 4 is 24.2 Å². The van der Waals surface area contributed by atoms with Crippen molar-refractivity contribution in [3.8, 4) is 11.5 Å². The Kier molecular flexibility index (Phi) is 4.19. The van der Waals surface area contributed by atoms with Gasteiger partial charge in [0.2, 0.25) is 5.91 Å². The topological polar surface area (TPSA) is 38.8 Å². The van der Waals surface area contributed by atoms with Crippen LogP contribution in [0.15, 0.2) is 12.1 Å². The van der Waals surface area contributed by atoms with Crippen molar-refractivity contribution in [3.63, 3.8) is 0 Å². The standard InChI is InChI=1S/C13H16FNO3S/c1-17-11-5-12(18-2)10(4-9(11)14)15-6-8(7-19)3-13(15)16/h4-5,8,19H,3,6-7H2,1-2H3. The Morgan fingerprint density at radius 1 is 1.37 bits per heavy atom. The quantitative estimate of drug-likeness (QED) is 0.861. The molecule has 1 aromatic carbocycles. The minimum absolute atomic E-state index is 0.0399. The van der Waals surface area contributed by atoms with Crippen LogP contribution in [0.25, 0.3) is 0 Å². The second kappa shape index (κ2) is 5.69. The maximum absolute atomic E-state index is 13.8. The number of hydrogen-bond donors (Lipinski definition) is 1. The predicted octanol–water partition coefficient (Wildman–Crippen LogP) is 2.13. The van der Waals surface area contributed by atoms with Crippen molar-refractivity contribution in [2.45, 2.75) is 6.42 Å². The number of benzene rings is 1. The maximum Gasteiger partial charge on any atom is 0.227 e. The van der Waals surface area contributed by atoms with Crippen molar-refractivity contribution in [1.82, 2.24) is 0 Å². The molecule has 0 bridgehead atoms. The number of rotatable bonds is 4. The summed E-state index contributed by atoms with van der Waals surface area (Å²) in [6.45, 7) is 0.532. The van der Waals surface area contributed by atoms with Crippen LogP contribution in [0.2, 0.25) is 0 Å². The Hall–Kier alpha value is -1.43. The third kappa shape index (κ3) is 2.63. The number of nitrogens with zero attached hydrogens (tertiary/aromatic N) is 1. The molecule has 19 heavy (non-hydrogen) atoms. The molecule has 6 heteroatoms. The van der Waals surface area contributed by atoms with Crippen LogP contribution in [0, 0.1) is 11.7 Å². The van der Waals surface area contributed by atoms with E-state index >= 15 is 0 Å². The molecule has 1 saturated heterocycles. The summed E-state index contributed by atoms with van der Waals surface area (Å²) < 4.78 is 23.9. The van der Waals surface area contributed by atoms with E-state index in [2.05, 4.69) is 12.6 Å². The van der Waals surface area contributed by atoms with Gasteiger partial charge in [0.05, 0.1) is 19.9 Å². The molecule has 1 aromatic rings. The van der Waals surface area contributed by atoms with E-state index < -0.39 is 5.82 Å². The third-order valence-electron chi connectivity index (χ3n) is 3.21. The van der Waals surface area contributed by atoms with Gasteiger partial charge in [0.15, 0.2) is 11.6 Å². The van der Waals surface area contributed by atoms with Crippen LogP contribution >= 0.6 is 12.6 Å². The minimum Gasteiger partial charge on any atom is -0.494 e. The largest absolute Gasteiger partial charge is 0.494 e. The van der Waals surface area contributed by atoms with Crippen LogP contribution in [-0.2, 0) is 4.79 Å². The summed E-state index contributed by atoms with van der Waals surface area (Å²) in [6.07, 6.45) is 0.431. The van der Waals surface area contributed by atoms with E-state index in [4.69, 9.17) is 9.47 Å². The van der Waals surface area contributed by atoms with Crippen molar-refractivity contribution in [2.75, 3.05) is 31.4 Å². The zero-order valence-corrected chi connectivity index (χ0v) is 11.7. The summed E-state index contributed by atoms with van der Waals surface area (Å²) in [5.41, 5.74) is 0.440. The van der Waals surface area contributed by atoms with Gasteiger partial charge in [-0.05, 0) is 11.7 Å². The average Bonchev–Trinajstić information content (AvgIpc) is 2.79. The molecule has 1 aliphatic heterocycles. The highest BCUT2D eigenvalue weighted by molar-refractivity contribution is 7.80. The van der Waals surface area contributed by atoms with Crippen molar-refractivity contribution in [3.05, 3.63) is 17.9 Å². The Balaban J connectivity index is 2.39. The molecule has 104 valence electrons. The van der Waals surface area contributed by atoms with E-state index in [1.165, 1.54) is 26.4 Å². The van der Waals surface area contributed by atoms with E-state index in [9.17, 15) is 9.18 Å². The minimum atomic E-state index is -0.513. The SMILES string of the molecule is COc1cc(OC)c(N2CC(CS)CC2=O)cc1F. The van der Waals surface area contributed by atoms with E-state index in [0.717, 1.165) is 0 Å². The van der Waals surface area contributed by atoms with Gasteiger partial charge >= 0.3 is 0 Å². The second-order valence-electron chi connectivity index (χ2n) is 4.42. The molecular formula is C13H16FNO3S. The van der Waals surface area contributed by atoms with Gasteiger partial charge in [-0.15, -0.1) is 0 Å². The van der Waals surface area contributed by atoms with E-state index in [1.807, 2.05) is 0 Å². The molecular weight excluding hydrogens is 269 g/mol. The highest BCUT2D eigenvalue weighted by atomic mass is 32.1. The normalized spacial score (nSPS) is 18.8. The van der Waals surface area contributed by atoms with Gasteiger partial charge in [0.25, 0.3) is 0 Å². The molecule has 1 amide bonds. The Morgan fingerprint density at radius 3 is 2.58 bits per heavy atom. The van der Waals surface area contributed by atoms with Crippen molar-refractivity contribution in [2.24, 2.45) is 5.92 Å². The fourth-order valence-electron chi connectivity index (χ4n) is 2.19. The number of carbonyl (C=O) groups excluding carboxylic acids is 1. The number of methoxy groups -OCH3 is 2. The molecule has 4 nitrogen and oxygen atoms in total. The molecule has 0 aromatic heterocycles. The lowest BCUT2D eigenvalue weighted by Gasteiger charge is -2.20. The van der Waals surface area contributed by atoms with Crippen LogP contribution in [0.3, 0.4) is 0 Å². The number of carbonyl (C=O) groups is 1. The van der Waals surface area contributed by atoms with E-state index in [0.29, 0.717) is 30.2 Å². The van der Waals surface area contributed by atoms with Crippen LogP contribution in [-0.4, -0.2) is 32.4 Å². The molecule has 2 rings (SSSR count). The first-order valence-corrected chi connectivity index (χ1v) is 6.56. The lowest BCUT2D eigenvalue weighted by molar-refractivity contribution is -0.117. The smallest absolute Gasteiger partial charge is 0.227 e. The molecule has 1 aliphatic rings. The van der Waals surface area contributed by atoms with Gasteiger partial charge in [0, 0.05) is 25.1 Å². The molecule has 1 unspecified atom stereocenters. The number of halogens is 1. The molecule has 0 N–H and O–H groups in total. The fraction of sp³-hybridized carbons (Fsp3) is 0.462. The summed E-state index contributed by atoms with van der Waals surface area (Å²) in [5.74, 6) is 0.779. The Morgan fingerprint density at radius 2 is 2.05 bits per heavy atom. The lowest BCUT2D eigenvalue weighted by atomic mass is 10.1. The number of hydrogen-bond acceptors (Lipinski definition) is 4. The maximum atomic E-state index is 13.8. The molecule has 0 radical (unpaired) electrons. The molecule has 0 aliphatic carbocycles. The summed E-state index contributed by atoms with van der Waals surface area (Å²) in [5, 5.41) is 0. The Labute approximate surface area is 116 Å². The van der Waals surface area contributed by atoms with E-state index in [-0.39, 0.29) is 17.6 Å². The number of amides is 1. The lowest BCUT2D eigenvalue weighted by Crippen LogP contribution is -2.25. The molecule has 0 saturated carbocycles. The van der Waals surface area contributed by atoms with Crippen LogP contribution in [0.1, 0.15) is 6.42 Å². The highest BCUT2D eigenvalue weighted by Crippen LogP contribution is 2.37. The monoisotopic (exact) mass is 285 g/mol. The third-order valence-corrected chi connectivity index (χ3v) is 3.72. The van der Waals surface area contributed by atoms with Gasteiger partial charge in [-0.25, -0.2) is 4.39 Å². The van der Waals surface area contributed by atoms with Crippen molar-refractivity contribution in [1.29, 1.82) is 0 Å². The zero-order chi connectivity index (χ0) is 14.0. The molecule has 1 fully saturated rings. The Bertz CT molecular complexity index is 495. The predicted molar refractivity (Wildman–Crippen MR) is 73.8 cm³/mol. The zero-order valence-electron chi connectivity index (χ0n) is 10.9. The molecule has 1 heterocycles. The number of thiol groups is 1. The number of anilines is 1. The number of ether oxygens (including phenoxy) is 2. The van der Waals surface area contributed by atoms with E-state index in [1.54, 1.807) is 4.90 Å². The first kappa shape index (κ1) is 14.0. The van der Waals surface area contributed by atoms with Gasteiger partial charge in [-0.1, -0.05) is 0 Å². The van der Waals surface area contributed by atoms with Gasteiger partial charge in [-0.2, -0.15) is 12.6 Å². The molecule has 0 spiro atoms. The summed E-state index contributed by atoms with van der Waals surface area (Å²) in [6, 6.07) is 2.72. The van der Waals surface area contributed by atoms with Gasteiger partial charge in [-0.3, -0.25) is 4.79 Å². The molecule has 1 atom stereocenters. The van der Waals surface area contributed by atoms with Crippen molar-refractivity contribution < 1.29 is 18.7 Å². The first-order chi connectivity index (χ1) is 9.10. The second-order valence-corrected chi connectivity index (χ2v) is 4.78. The highest BCUT2D eigenvalue weighted by Gasteiger charge is 2.32. The van der Waals surface area contributed by atoms with Crippen LogP contribution in [0.4, 0.5) is 10.1 Å². The van der Waals surface area contributed by atoms with Gasteiger partial charge in [0.1, 0.15) is 5.75 Å². The fourth-order valence-corrected chi connectivity index (χ4v) is 2.44. The summed E-state index contributed by atoms with van der Waals surface area (Å²) >= 11 is 4.21. The summed E-state index contributed by atoms with van der Waals surface area (Å²) in [7, 11) is 2.86. The summed E-state index contributed by atoms with van der Waals surface area (Å²) in [4.78, 5) is 13.5. The average molecular weight is 285 g/mol. The van der Waals surface area contributed by atoms with Gasteiger partial charge < -0.3 is 14.4 Å². The van der Waals surface area contributed by atoms with Crippen LogP contribution < -0.4 is 14.4 Å².